The van der Waals surface area contributed by atoms with Gasteiger partial charge in [-0.2, -0.15) is 0 Å². The van der Waals surface area contributed by atoms with Crippen molar-refractivity contribution in [2.45, 2.75) is 51.6 Å². The number of nitrogens with zero attached hydrogens (tertiary/aromatic N) is 2. The standard InChI is InChI=1S/C15H24N4O/c1-11(12-6-3-2-4-7-12)18-10-13-8-5-9-17-14(13)15(16)19-20/h5,8-9,11-12,18,20H,2-4,6-7,10H2,1H3,(H2,16,19)/t11-/m0/s1. The summed E-state index contributed by atoms with van der Waals surface area (Å²) in [5.41, 5.74) is 7.17. The van der Waals surface area contributed by atoms with Crippen LogP contribution in [0, 0.1) is 5.92 Å². The zero-order valence-electron chi connectivity index (χ0n) is 12.0. The Morgan fingerprint density at radius 2 is 2.25 bits per heavy atom. The molecule has 1 fully saturated rings. The van der Waals surface area contributed by atoms with Crippen LogP contribution in [0.4, 0.5) is 0 Å². The smallest absolute Gasteiger partial charge is 0.189 e. The van der Waals surface area contributed by atoms with Gasteiger partial charge in [-0.15, -0.1) is 0 Å². The largest absolute Gasteiger partial charge is 0.409 e. The molecule has 0 saturated heterocycles. The molecule has 1 saturated carbocycles. The second-order valence-corrected chi connectivity index (χ2v) is 5.56. The number of aromatic nitrogens is 1. The van der Waals surface area contributed by atoms with Gasteiger partial charge in [0.2, 0.25) is 0 Å². The van der Waals surface area contributed by atoms with E-state index in [1.807, 2.05) is 12.1 Å². The fourth-order valence-electron chi connectivity index (χ4n) is 2.93. The van der Waals surface area contributed by atoms with Crippen LogP contribution in [0.25, 0.3) is 0 Å². The number of hydrogen-bond acceptors (Lipinski definition) is 4. The monoisotopic (exact) mass is 276 g/mol. The maximum atomic E-state index is 8.80. The Bertz CT molecular complexity index is 455. The highest BCUT2D eigenvalue weighted by Gasteiger charge is 2.20. The van der Waals surface area contributed by atoms with Gasteiger partial charge in [-0.1, -0.05) is 30.5 Å². The highest BCUT2D eigenvalue weighted by molar-refractivity contribution is 5.96. The van der Waals surface area contributed by atoms with Gasteiger partial charge in [-0.3, -0.25) is 4.98 Å². The molecule has 1 aliphatic rings. The first-order chi connectivity index (χ1) is 9.72. The van der Waals surface area contributed by atoms with Gasteiger partial charge in [0, 0.05) is 18.8 Å². The molecular weight excluding hydrogens is 252 g/mol. The van der Waals surface area contributed by atoms with E-state index in [0.717, 1.165) is 11.5 Å². The van der Waals surface area contributed by atoms with Gasteiger partial charge in [0.05, 0.1) is 0 Å². The quantitative estimate of drug-likeness (QED) is 0.333. The molecule has 0 radical (unpaired) electrons. The minimum Gasteiger partial charge on any atom is -0.409 e. The summed E-state index contributed by atoms with van der Waals surface area (Å²) in [6.07, 6.45) is 8.35. The summed E-state index contributed by atoms with van der Waals surface area (Å²) in [5, 5.41) is 15.4. The lowest BCUT2D eigenvalue weighted by atomic mass is 9.84. The molecule has 0 unspecified atom stereocenters. The Balaban J connectivity index is 1.96. The van der Waals surface area contributed by atoms with Crippen molar-refractivity contribution in [3.8, 4) is 0 Å². The molecule has 110 valence electrons. The zero-order chi connectivity index (χ0) is 14.4. The normalized spacial score (nSPS) is 18.9. The van der Waals surface area contributed by atoms with Gasteiger partial charge < -0.3 is 16.3 Å². The number of oxime groups is 1. The van der Waals surface area contributed by atoms with E-state index in [1.165, 1.54) is 32.1 Å². The van der Waals surface area contributed by atoms with Crippen molar-refractivity contribution in [2.24, 2.45) is 16.8 Å². The molecule has 1 heterocycles. The van der Waals surface area contributed by atoms with Crippen LogP contribution in [0.15, 0.2) is 23.5 Å². The van der Waals surface area contributed by atoms with Crippen molar-refractivity contribution < 1.29 is 5.21 Å². The van der Waals surface area contributed by atoms with E-state index >= 15 is 0 Å². The molecule has 0 spiro atoms. The predicted molar refractivity (Wildman–Crippen MR) is 79.6 cm³/mol. The van der Waals surface area contributed by atoms with E-state index in [9.17, 15) is 0 Å². The van der Waals surface area contributed by atoms with E-state index in [0.29, 0.717) is 18.3 Å². The Morgan fingerprint density at radius 3 is 2.95 bits per heavy atom. The Hall–Kier alpha value is -1.62. The van der Waals surface area contributed by atoms with Gasteiger partial charge >= 0.3 is 0 Å². The van der Waals surface area contributed by atoms with Crippen LogP contribution in [0.3, 0.4) is 0 Å². The van der Waals surface area contributed by atoms with Crippen molar-refractivity contribution in [1.29, 1.82) is 0 Å². The number of pyridine rings is 1. The Morgan fingerprint density at radius 1 is 1.50 bits per heavy atom. The molecule has 1 aromatic rings. The first-order valence-electron chi connectivity index (χ1n) is 7.37. The lowest BCUT2D eigenvalue weighted by Gasteiger charge is -2.28. The lowest BCUT2D eigenvalue weighted by molar-refractivity contribution is 0.280. The number of nitrogens with one attached hydrogen (secondary N) is 1. The molecular formula is C15H24N4O. The maximum absolute atomic E-state index is 8.80. The summed E-state index contributed by atoms with van der Waals surface area (Å²) in [6, 6.07) is 4.31. The molecule has 5 heteroatoms. The summed E-state index contributed by atoms with van der Waals surface area (Å²) in [7, 11) is 0. The molecule has 1 aliphatic carbocycles. The molecule has 0 aliphatic heterocycles. The third-order valence-corrected chi connectivity index (χ3v) is 4.21. The van der Waals surface area contributed by atoms with Gasteiger partial charge in [0.25, 0.3) is 0 Å². The number of hydrogen-bond donors (Lipinski definition) is 3. The van der Waals surface area contributed by atoms with E-state index in [4.69, 9.17) is 10.9 Å². The molecule has 0 bridgehead atoms. The molecule has 2 rings (SSSR count). The molecule has 0 amide bonds. The van der Waals surface area contributed by atoms with Gasteiger partial charge in [0.1, 0.15) is 5.69 Å². The van der Waals surface area contributed by atoms with Crippen LogP contribution in [0.2, 0.25) is 0 Å². The van der Waals surface area contributed by atoms with Crippen LogP contribution < -0.4 is 11.1 Å². The second-order valence-electron chi connectivity index (χ2n) is 5.56. The molecule has 20 heavy (non-hydrogen) atoms. The third-order valence-electron chi connectivity index (χ3n) is 4.21. The molecule has 4 N–H and O–H groups in total. The van der Waals surface area contributed by atoms with Crippen molar-refractivity contribution >= 4 is 5.84 Å². The first-order valence-corrected chi connectivity index (χ1v) is 7.37. The highest BCUT2D eigenvalue weighted by atomic mass is 16.4. The average Bonchev–Trinajstić information content (AvgIpc) is 2.53. The molecule has 1 aromatic heterocycles. The molecule has 5 nitrogen and oxygen atoms in total. The summed E-state index contributed by atoms with van der Waals surface area (Å²) < 4.78 is 0. The summed E-state index contributed by atoms with van der Waals surface area (Å²) >= 11 is 0. The first kappa shape index (κ1) is 14.8. The SMILES string of the molecule is C[C@H](NCc1cccnc1/C(N)=N/O)C1CCCCC1. The van der Waals surface area contributed by atoms with Crippen LogP contribution in [-0.4, -0.2) is 22.1 Å². The van der Waals surface area contributed by atoms with Crippen molar-refractivity contribution in [2.75, 3.05) is 0 Å². The predicted octanol–water partition coefficient (Wildman–Crippen LogP) is 2.23. The number of rotatable bonds is 5. The highest BCUT2D eigenvalue weighted by Crippen LogP contribution is 2.26. The Kier molecular flexibility index (Phi) is 5.35. The Labute approximate surface area is 120 Å². The van der Waals surface area contributed by atoms with Crippen molar-refractivity contribution in [3.63, 3.8) is 0 Å². The van der Waals surface area contributed by atoms with E-state index in [1.54, 1.807) is 6.20 Å². The number of amidine groups is 1. The van der Waals surface area contributed by atoms with Crippen LogP contribution in [0.1, 0.15) is 50.3 Å². The molecule has 0 aromatic carbocycles. The van der Waals surface area contributed by atoms with Crippen LogP contribution in [-0.2, 0) is 6.54 Å². The van der Waals surface area contributed by atoms with Crippen LogP contribution >= 0.6 is 0 Å². The van der Waals surface area contributed by atoms with Gasteiger partial charge in [-0.05, 0) is 37.3 Å². The van der Waals surface area contributed by atoms with Crippen molar-refractivity contribution in [3.05, 3.63) is 29.6 Å². The minimum absolute atomic E-state index is 0.0627. The minimum atomic E-state index is 0.0627. The summed E-state index contributed by atoms with van der Waals surface area (Å²) in [5.74, 6) is 0.820. The summed E-state index contributed by atoms with van der Waals surface area (Å²) in [6.45, 7) is 2.94. The zero-order valence-corrected chi connectivity index (χ0v) is 12.0. The van der Waals surface area contributed by atoms with E-state index in [2.05, 4.69) is 22.4 Å². The van der Waals surface area contributed by atoms with Gasteiger partial charge in [-0.25, -0.2) is 0 Å². The van der Waals surface area contributed by atoms with Crippen molar-refractivity contribution in [1.82, 2.24) is 10.3 Å². The lowest BCUT2D eigenvalue weighted by Crippen LogP contribution is -2.35. The fourth-order valence-corrected chi connectivity index (χ4v) is 2.93. The van der Waals surface area contributed by atoms with E-state index < -0.39 is 0 Å². The number of nitrogens with two attached hydrogens (primary N) is 1. The topological polar surface area (TPSA) is 83.5 Å². The fraction of sp³-hybridized carbons (Fsp3) is 0.600. The van der Waals surface area contributed by atoms with Gasteiger partial charge in [0.15, 0.2) is 5.84 Å². The van der Waals surface area contributed by atoms with E-state index in [-0.39, 0.29) is 5.84 Å². The summed E-state index contributed by atoms with van der Waals surface area (Å²) in [4.78, 5) is 4.18. The van der Waals surface area contributed by atoms with Crippen LogP contribution in [0.5, 0.6) is 0 Å². The third kappa shape index (κ3) is 3.70. The second kappa shape index (κ2) is 7.24. The maximum Gasteiger partial charge on any atom is 0.189 e. The molecule has 1 atom stereocenters. The average molecular weight is 276 g/mol.